The summed E-state index contributed by atoms with van der Waals surface area (Å²) in [6.45, 7) is 0.408. The van der Waals surface area contributed by atoms with Crippen LogP contribution in [0, 0.1) is 0 Å². The number of aromatic nitrogens is 1. The number of hydrogen-bond donors (Lipinski definition) is 1. The summed E-state index contributed by atoms with van der Waals surface area (Å²) in [4.78, 5) is 17.1. The summed E-state index contributed by atoms with van der Waals surface area (Å²) in [5, 5.41) is 3.60. The number of nitrogens with one attached hydrogen (secondary N) is 1. The van der Waals surface area contributed by atoms with Gasteiger partial charge in [-0.05, 0) is 29.8 Å². The van der Waals surface area contributed by atoms with Gasteiger partial charge in [-0.15, -0.1) is 0 Å². The van der Waals surface area contributed by atoms with Gasteiger partial charge in [0.2, 0.25) is 5.89 Å². The summed E-state index contributed by atoms with van der Waals surface area (Å²) in [5.41, 5.74) is 3.07. The smallest absolute Gasteiger partial charge is 0.252 e. The van der Waals surface area contributed by atoms with Crippen molar-refractivity contribution in [1.29, 1.82) is 0 Å². The first kappa shape index (κ1) is 18.0. The van der Waals surface area contributed by atoms with Crippen LogP contribution in [-0.4, -0.2) is 10.9 Å². The second kappa shape index (κ2) is 8.11. The van der Waals surface area contributed by atoms with Gasteiger partial charge in [0.1, 0.15) is 0 Å². The predicted molar refractivity (Wildman–Crippen MR) is 110 cm³/mol. The molecule has 4 aromatic rings. The lowest BCUT2D eigenvalue weighted by Gasteiger charge is -2.08. The van der Waals surface area contributed by atoms with E-state index in [4.69, 9.17) is 16.0 Å². The molecule has 138 valence electrons. The maximum atomic E-state index is 12.7. The fraction of sp³-hybridized carbons (Fsp3) is 0.0435. The van der Waals surface area contributed by atoms with Gasteiger partial charge in [-0.25, -0.2) is 4.98 Å². The van der Waals surface area contributed by atoms with Crippen molar-refractivity contribution in [2.75, 3.05) is 0 Å². The minimum atomic E-state index is -0.190. The lowest BCUT2D eigenvalue weighted by molar-refractivity contribution is 0.0951. The molecule has 0 spiro atoms. The number of halogens is 1. The van der Waals surface area contributed by atoms with Crippen LogP contribution in [0.25, 0.3) is 22.8 Å². The van der Waals surface area contributed by atoms with Crippen LogP contribution in [0.2, 0.25) is 5.02 Å². The Balaban J connectivity index is 1.56. The number of oxazole rings is 1. The molecule has 1 aromatic heterocycles. The highest BCUT2D eigenvalue weighted by Gasteiger charge is 2.16. The molecule has 0 saturated heterocycles. The molecule has 0 aliphatic heterocycles. The number of hydrogen-bond acceptors (Lipinski definition) is 3. The molecule has 0 aliphatic carbocycles. The van der Waals surface area contributed by atoms with Crippen LogP contribution in [-0.2, 0) is 6.54 Å². The van der Waals surface area contributed by atoms with E-state index in [0.29, 0.717) is 34.3 Å². The standard InChI is InChI=1S/C23H17ClN2O2/c24-18-12-10-16(11-13-18)14-25-22(27)19-8-4-5-9-20(19)23-26-15-21(28-23)17-6-2-1-3-7-17/h1-13,15H,14H2,(H,25,27). The maximum Gasteiger partial charge on any atom is 0.252 e. The van der Waals surface area contributed by atoms with Crippen molar-refractivity contribution >= 4 is 17.5 Å². The van der Waals surface area contributed by atoms with Crippen molar-refractivity contribution in [3.05, 3.63) is 101 Å². The SMILES string of the molecule is O=C(NCc1ccc(Cl)cc1)c1ccccc1-c1ncc(-c2ccccc2)o1. The first-order valence-corrected chi connectivity index (χ1v) is 9.22. The van der Waals surface area contributed by atoms with Crippen molar-refractivity contribution < 1.29 is 9.21 Å². The summed E-state index contributed by atoms with van der Waals surface area (Å²) in [7, 11) is 0. The molecule has 0 radical (unpaired) electrons. The molecule has 4 nitrogen and oxygen atoms in total. The van der Waals surface area contributed by atoms with Gasteiger partial charge in [-0.2, -0.15) is 0 Å². The van der Waals surface area contributed by atoms with E-state index < -0.39 is 0 Å². The van der Waals surface area contributed by atoms with Crippen LogP contribution < -0.4 is 5.32 Å². The fourth-order valence-corrected chi connectivity index (χ4v) is 3.01. The zero-order valence-corrected chi connectivity index (χ0v) is 15.7. The van der Waals surface area contributed by atoms with E-state index in [1.165, 1.54) is 0 Å². The molecule has 0 atom stereocenters. The summed E-state index contributed by atoms with van der Waals surface area (Å²) in [6.07, 6.45) is 1.67. The number of benzene rings is 3. The predicted octanol–water partition coefficient (Wildman–Crippen LogP) is 5.59. The van der Waals surface area contributed by atoms with E-state index in [2.05, 4.69) is 10.3 Å². The highest BCUT2D eigenvalue weighted by molar-refractivity contribution is 6.30. The van der Waals surface area contributed by atoms with Gasteiger partial charge >= 0.3 is 0 Å². The molecule has 0 fully saturated rings. The zero-order valence-electron chi connectivity index (χ0n) is 14.9. The van der Waals surface area contributed by atoms with Crippen molar-refractivity contribution in [2.45, 2.75) is 6.54 Å². The minimum Gasteiger partial charge on any atom is -0.436 e. The number of carbonyl (C=O) groups is 1. The van der Waals surface area contributed by atoms with Gasteiger partial charge in [-0.1, -0.05) is 66.2 Å². The Bertz CT molecular complexity index is 1090. The molecular weight excluding hydrogens is 372 g/mol. The Morgan fingerprint density at radius 1 is 0.929 bits per heavy atom. The van der Waals surface area contributed by atoms with Crippen LogP contribution in [0.3, 0.4) is 0 Å². The molecule has 0 saturated carbocycles. The molecule has 3 aromatic carbocycles. The molecule has 1 heterocycles. The van der Waals surface area contributed by atoms with Crippen LogP contribution in [0.15, 0.2) is 89.5 Å². The normalized spacial score (nSPS) is 10.6. The molecule has 0 aliphatic rings. The highest BCUT2D eigenvalue weighted by Crippen LogP contribution is 2.28. The van der Waals surface area contributed by atoms with Crippen LogP contribution >= 0.6 is 11.6 Å². The van der Waals surface area contributed by atoms with E-state index in [9.17, 15) is 4.79 Å². The fourth-order valence-electron chi connectivity index (χ4n) is 2.88. The topological polar surface area (TPSA) is 55.1 Å². The lowest BCUT2D eigenvalue weighted by Crippen LogP contribution is -2.23. The highest BCUT2D eigenvalue weighted by atomic mass is 35.5. The summed E-state index contributed by atoms with van der Waals surface area (Å²) >= 11 is 5.90. The van der Waals surface area contributed by atoms with E-state index in [1.807, 2.05) is 60.7 Å². The Morgan fingerprint density at radius 2 is 1.64 bits per heavy atom. The lowest BCUT2D eigenvalue weighted by atomic mass is 10.1. The number of rotatable bonds is 5. The van der Waals surface area contributed by atoms with Crippen LogP contribution in [0.1, 0.15) is 15.9 Å². The largest absolute Gasteiger partial charge is 0.436 e. The molecule has 1 amide bonds. The summed E-state index contributed by atoms with van der Waals surface area (Å²) < 4.78 is 5.92. The minimum absolute atomic E-state index is 0.190. The third-order valence-electron chi connectivity index (χ3n) is 4.33. The number of nitrogens with zero attached hydrogens (tertiary/aromatic N) is 1. The average molecular weight is 389 g/mol. The van der Waals surface area contributed by atoms with E-state index >= 15 is 0 Å². The van der Waals surface area contributed by atoms with Gasteiger partial charge < -0.3 is 9.73 Å². The van der Waals surface area contributed by atoms with Crippen LogP contribution in [0.4, 0.5) is 0 Å². The Hall–Kier alpha value is -3.37. The molecule has 0 unspecified atom stereocenters. The molecule has 28 heavy (non-hydrogen) atoms. The molecule has 0 bridgehead atoms. The van der Waals surface area contributed by atoms with Crippen LogP contribution in [0.5, 0.6) is 0 Å². The molecule has 5 heteroatoms. The van der Waals surface area contributed by atoms with Gasteiger partial charge in [0, 0.05) is 22.7 Å². The number of amides is 1. The third kappa shape index (κ3) is 3.97. The maximum absolute atomic E-state index is 12.7. The van der Waals surface area contributed by atoms with Crippen molar-refractivity contribution in [1.82, 2.24) is 10.3 Å². The van der Waals surface area contributed by atoms with E-state index in [-0.39, 0.29) is 5.91 Å². The monoisotopic (exact) mass is 388 g/mol. The van der Waals surface area contributed by atoms with E-state index in [1.54, 1.807) is 24.4 Å². The first-order chi connectivity index (χ1) is 13.7. The van der Waals surface area contributed by atoms with E-state index in [0.717, 1.165) is 11.1 Å². The molecular formula is C23H17ClN2O2. The molecule has 1 N–H and O–H groups in total. The second-order valence-electron chi connectivity index (χ2n) is 6.25. The van der Waals surface area contributed by atoms with Crippen molar-refractivity contribution in [3.8, 4) is 22.8 Å². The third-order valence-corrected chi connectivity index (χ3v) is 4.58. The Labute approximate surface area is 167 Å². The number of carbonyl (C=O) groups excluding carboxylic acids is 1. The average Bonchev–Trinajstić information content (AvgIpc) is 3.24. The summed E-state index contributed by atoms with van der Waals surface area (Å²) in [5.74, 6) is 0.882. The summed E-state index contributed by atoms with van der Waals surface area (Å²) in [6, 6.07) is 24.4. The Kier molecular flexibility index (Phi) is 5.22. The van der Waals surface area contributed by atoms with Gasteiger partial charge in [0.05, 0.1) is 11.8 Å². The van der Waals surface area contributed by atoms with Gasteiger partial charge in [0.25, 0.3) is 5.91 Å². The second-order valence-corrected chi connectivity index (χ2v) is 6.69. The van der Waals surface area contributed by atoms with Crippen molar-refractivity contribution in [2.24, 2.45) is 0 Å². The van der Waals surface area contributed by atoms with Gasteiger partial charge in [0.15, 0.2) is 5.76 Å². The first-order valence-electron chi connectivity index (χ1n) is 8.84. The zero-order chi connectivity index (χ0) is 19.3. The molecule has 4 rings (SSSR count). The van der Waals surface area contributed by atoms with Gasteiger partial charge in [-0.3, -0.25) is 4.79 Å². The van der Waals surface area contributed by atoms with Crippen molar-refractivity contribution in [3.63, 3.8) is 0 Å². The Morgan fingerprint density at radius 3 is 2.43 bits per heavy atom. The quantitative estimate of drug-likeness (QED) is 0.484.